The molecule has 1 aromatic carbocycles. The number of rotatable bonds is 5. The van der Waals surface area contributed by atoms with Crippen LogP contribution in [-0.4, -0.2) is 41.1 Å². The highest BCUT2D eigenvalue weighted by Crippen LogP contribution is 2.39. The topological polar surface area (TPSA) is 68.5 Å². The van der Waals surface area contributed by atoms with E-state index in [4.69, 9.17) is 9.26 Å². The molecule has 2 heterocycles. The maximum atomic E-state index is 12.6. The van der Waals surface area contributed by atoms with E-state index in [1.807, 2.05) is 23.1 Å². The van der Waals surface area contributed by atoms with Gasteiger partial charge in [-0.3, -0.25) is 4.79 Å². The Hall–Kier alpha value is -2.37. The summed E-state index contributed by atoms with van der Waals surface area (Å²) < 4.78 is 10.5. The lowest BCUT2D eigenvalue weighted by Gasteiger charge is -2.16. The predicted molar refractivity (Wildman–Crippen MR) is 87.0 cm³/mol. The number of likely N-dealkylation sites (tertiary alicyclic amines) is 1. The Morgan fingerprint density at radius 2 is 2.25 bits per heavy atom. The molecule has 1 saturated carbocycles. The van der Waals surface area contributed by atoms with Crippen LogP contribution in [0.4, 0.5) is 0 Å². The first-order chi connectivity index (χ1) is 11.7. The number of aromatic nitrogens is 2. The lowest BCUT2D eigenvalue weighted by atomic mass is 10.0. The molecule has 1 aromatic heterocycles. The molecule has 0 radical (unpaired) electrons. The molecule has 6 heteroatoms. The second-order valence-corrected chi connectivity index (χ2v) is 6.67. The molecule has 2 fully saturated rings. The van der Waals surface area contributed by atoms with E-state index < -0.39 is 0 Å². The van der Waals surface area contributed by atoms with Crippen LogP contribution in [0.5, 0.6) is 5.75 Å². The van der Waals surface area contributed by atoms with Crippen LogP contribution in [-0.2, 0) is 6.42 Å². The first-order valence-corrected chi connectivity index (χ1v) is 8.48. The Balaban J connectivity index is 1.37. The van der Waals surface area contributed by atoms with Crippen molar-refractivity contribution in [3.05, 3.63) is 41.5 Å². The van der Waals surface area contributed by atoms with Crippen LogP contribution < -0.4 is 4.74 Å². The van der Waals surface area contributed by atoms with Crippen molar-refractivity contribution in [3.8, 4) is 5.75 Å². The third-order valence-electron chi connectivity index (χ3n) is 4.77. The minimum Gasteiger partial charge on any atom is -0.497 e. The largest absolute Gasteiger partial charge is 0.497 e. The van der Waals surface area contributed by atoms with Crippen molar-refractivity contribution in [2.75, 3.05) is 20.2 Å². The zero-order chi connectivity index (χ0) is 16.5. The van der Waals surface area contributed by atoms with Gasteiger partial charge in [0.2, 0.25) is 5.89 Å². The molecule has 1 unspecified atom stereocenters. The summed E-state index contributed by atoms with van der Waals surface area (Å²) in [6, 6.07) is 7.31. The highest BCUT2D eigenvalue weighted by Gasteiger charge is 2.31. The standard InChI is InChI=1S/C18H21N3O3/c1-23-15-4-2-3-14(10-15)18(22)21-8-7-12(11-21)9-16-19-17(24-20-16)13-5-6-13/h2-4,10,12-13H,5-9,11H2,1H3. The van der Waals surface area contributed by atoms with Gasteiger partial charge in [-0.2, -0.15) is 4.98 Å². The minimum atomic E-state index is 0.0585. The van der Waals surface area contributed by atoms with E-state index in [2.05, 4.69) is 10.1 Å². The van der Waals surface area contributed by atoms with Crippen LogP contribution >= 0.6 is 0 Å². The highest BCUT2D eigenvalue weighted by atomic mass is 16.5. The Bertz CT molecular complexity index is 739. The highest BCUT2D eigenvalue weighted by molar-refractivity contribution is 5.94. The van der Waals surface area contributed by atoms with Crippen LogP contribution in [0.1, 0.15) is 47.3 Å². The van der Waals surface area contributed by atoms with Gasteiger partial charge in [0.25, 0.3) is 5.91 Å². The van der Waals surface area contributed by atoms with Gasteiger partial charge < -0.3 is 14.2 Å². The first-order valence-electron chi connectivity index (χ1n) is 8.48. The van der Waals surface area contributed by atoms with E-state index in [-0.39, 0.29) is 5.91 Å². The van der Waals surface area contributed by atoms with E-state index in [1.54, 1.807) is 13.2 Å². The van der Waals surface area contributed by atoms with Gasteiger partial charge in [-0.05, 0) is 43.4 Å². The molecule has 0 spiro atoms. The summed E-state index contributed by atoms with van der Waals surface area (Å²) in [5, 5.41) is 4.09. The van der Waals surface area contributed by atoms with E-state index in [0.29, 0.717) is 23.1 Å². The quantitative estimate of drug-likeness (QED) is 0.844. The number of hydrogen-bond donors (Lipinski definition) is 0. The van der Waals surface area contributed by atoms with Gasteiger partial charge in [-0.15, -0.1) is 0 Å². The fraction of sp³-hybridized carbons (Fsp3) is 0.500. The molecule has 1 saturated heterocycles. The fourth-order valence-corrected chi connectivity index (χ4v) is 3.23. The van der Waals surface area contributed by atoms with Gasteiger partial charge in [-0.25, -0.2) is 0 Å². The molecule has 2 aromatic rings. The van der Waals surface area contributed by atoms with E-state index in [1.165, 1.54) is 0 Å². The van der Waals surface area contributed by atoms with Gasteiger partial charge >= 0.3 is 0 Å². The molecular weight excluding hydrogens is 306 g/mol. The van der Waals surface area contributed by atoms with Crippen molar-refractivity contribution >= 4 is 5.91 Å². The molecule has 1 atom stereocenters. The zero-order valence-electron chi connectivity index (χ0n) is 13.8. The average molecular weight is 327 g/mol. The third kappa shape index (κ3) is 3.13. The Morgan fingerprint density at radius 3 is 3.04 bits per heavy atom. The Labute approximate surface area is 140 Å². The van der Waals surface area contributed by atoms with E-state index in [0.717, 1.165) is 50.5 Å². The number of nitrogens with zero attached hydrogens (tertiary/aromatic N) is 3. The summed E-state index contributed by atoms with van der Waals surface area (Å²) in [5.41, 5.74) is 0.672. The number of hydrogen-bond acceptors (Lipinski definition) is 5. The second kappa shape index (κ2) is 6.26. The van der Waals surface area contributed by atoms with Crippen molar-refractivity contribution < 1.29 is 14.1 Å². The summed E-state index contributed by atoms with van der Waals surface area (Å²) in [7, 11) is 1.61. The smallest absolute Gasteiger partial charge is 0.253 e. The molecule has 0 bridgehead atoms. The van der Waals surface area contributed by atoms with E-state index in [9.17, 15) is 4.79 Å². The molecule has 6 nitrogen and oxygen atoms in total. The number of amides is 1. The molecule has 0 N–H and O–H groups in total. The summed E-state index contributed by atoms with van der Waals surface area (Å²) in [6.07, 6.45) is 4.07. The molecule has 24 heavy (non-hydrogen) atoms. The number of ether oxygens (including phenoxy) is 1. The van der Waals surface area contributed by atoms with Crippen molar-refractivity contribution in [2.24, 2.45) is 5.92 Å². The van der Waals surface area contributed by atoms with Crippen LogP contribution in [0, 0.1) is 5.92 Å². The first kappa shape index (κ1) is 15.2. The van der Waals surface area contributed by atoms with Crippen LogP contribution in [0.15, 0.2) is 28.8 Å². The van der Waals surface area contributed by atoms with Gasteiger partial charge in [0.15, 0.2) is 5.82 Å². The van der Waals surface area contributed by atoms with Crippen molar-refractivity contribution in [1.82, 2.24) is 15.0 Å². The lowest BCUT2D eigenvalue weighted by molar-refractivity contribution is 0.0786. The van der Waals surface area contributed by atoms with Gasteiger partial charge in [0.1, 0.15) is 5.75 Å². The molecule has 1 aliphatic carbocycles. The van der Waals surface area contributed by atoms with Crippen molar-refractivity contribution in [1.29, 1.82) is 0 Å². The summed E-state index contributed by atoms with van der Waals surface area (Å²) in [4.78, 5) is 19.0. The number of methoxy groups -OCH3 is 1. The molecule has 1 aliphatic heterocycles. The van der Waals surface area contributed by atoms with Crippen LogP contribution in [0.25, 0.3) is 0 Å². The van der Waals surface area contributed by atoms with Gasteiger partial charge in [-0.1, -0.05) is 11.2 Å². The van der Waals surface area contributed by atoms with Gasteiger partial charge in [0, 0.05) is 31.0 Å². The fourth-order valence-electron chi connectivity index (χ4n) is 3.23. The van der Waals surface area contributed by atoms with Crippen LogP contribution in [0.2, 0.25) is 0 Å². The normalized spacial score (nSPS) is 20.4. The number of carbonyl (C=O) groups excluding carboxylic acids is 1. The molecular formula is C18H21N3O3. The van der Waals surface area contributed by atoms with Crippen LogP contribution in [0.3, 0.4) is 0 Å². The Kier molecular flexibility index (Phi) is 3.96. The minimum absolute atomic E-state index is 0.0585. The Morgan fingerprint density at radius 1 is 1.38 bits per heavy atom. The molecule has 4 rings (SSSR count). The SMILES string of the molecule is COc1cccc(C(=O)N2CCC(Cc3noc(C4CC4)n3)C2)c1. The lowest BCUT2D eigenvalue weighted by Crippen LogP contribution is -2.29. The van der Waals surface area contributed by atoms with Crippen molar-refractivity contribution in [2.45, 2.75) is 31.6 Å². The maximum absolute atomic E-state index is 12.6. The number of carbonyl (C=O) groups is 1. The summed E-state index contributed by atoms with van der Waals surface area (Å²) in [6.45, 7) is 1.51. The third-order valence-corrected chi connectivity index (χ3v) is 4.77. The second-order valence-electron chi connectivity index (χ2n) is 6.67. The maximum Gasteiger partial charge on any atom is 0.253 e. The summed E-state index contributed by atoms with van der Waals surface area (Å²) in [5.74, 6) is 3.20. The van der Waals surface area contributed by atoms with Gasteiger partial charge in [0.05, 0.1) is 7.11 Å². The number of benzene rings is 1. The van der Waals surface area contributed by atoms with E-state index >= 15 is 0 Å². The molecule has 2 aliphatic rings. The zero-order valence-corrected chi connectivity index (χ0v) is 13.8. The van der Waals surface area contributed by atoms with Crippen molar-refractivity contribution in [3.63, 3.8) is 0 Å². The summed E-state index contributed by atoms with van der Waals surface area (Å²) >= 11 is 0. The average Bonchev–Trinajstić information content (AvgIpc) is 3.19. The molecule has 126 valence electrons. The molecule has 1 amide bonds. The predicted octanol–water partition coefficient (Wildman–Crippen LogP) is 2.66. The monoisotopic (exact) mass is 327 g/mol.